The van der Waals surface area contributed by atoms with Gasteiger partial charge in [0.15, 0.2) is 0 Å². The zero-order chi connectivity index (χ0) is 18.2. The van der Waals surface area contributed by atoms with Crippen molar-refractivity contribution in [3.63, 3.8) is 0 Å². The van der Waals surface area contributed by atoms with Gasteiger partial charge in [0, 0.05) is 55.1 Å². The Morgan fingerprint density at radius 1 is 0.963 bits per heavy atom. The van der Waals surface area contributed by atoms with Crippen LogP contribution in [0.4, 0.5) is 5.69 Å². The molecule has 138 valence electrons. The number of nitrogens with zero attached hydrogens (tertiary/aromatic N) is 3. The SMILES string of the molecule is OC[C@@H]1N[C@H](c2cccc(-n3cccn3)c2)[C@@H]2CN(c3ccccc3)C[C@@H]21. The second-order valence-electron chi connectivity index (χ2n) is 7.55. The van der Waals surface area contributed by atoms with Gasteiger partial charge in [-0.05, 0) is 35.9 Å². The maximum atomic E-state index is 9.94. The summed E-state index contributed by atoms with van der Waals surface area (Å²) in [6, 6.07) is 21.5. The van der Waals surface area contributed by atoms with E-state index in [4.69, 9.17) is 0 Å². The van der Waals surface area contributed by atoms with Crippen LogP contribution in [-0.4, -0.2) is 40.6 Å². The van der Waals surface area contributed by atoms with Gasteiger partial charge in [-0.25, -0.2) is 4.68 Å². The van der Waals surface area contributed by atoms with E-state index in [-0.39, 0.29) is 18.7 Å². The molecule has 2 saturated heterocycles. The molecule has 2 aliphatic rings. The van der Waals surface area contributed by atoms with Crippen molar-refractivity contribution >= 4 is 5.69 Å². The molecule has 2 N–H and O–H groups in total. The molecule has 27 heavy (non-hydrogen) atoms. The Kier molecular flexibility index (Phi) is 4.19. The fourth-order valence-corrected chi connectivity index (χ4v) is 4.77. The predicted molar refractivity (Wildman–Crippen MR) is 106 cm³/mol. The first kappa shape index (κ1) is 16.5. The largest absolute Gasteiger partial charge is 0.395 e. The van der Waals surface area contributed by atoms with Crippen molar-refractivity contribution in [2.75, 3.05) is 24.6 Å². The lowest BCUT2D eigenvalue weighted by Crippen LogP contribution is -2.36. The van der Waals surface area contributed by atoms with Gasteiger partial charge in [0.1, 0.15) is 0 Å². The van der Waals surface area contributed by atoms with Gasteiger partial charge in [-0.1, -0.05) is 30.3 Å². The molecular formula is C22H24N4O. The highest BCUT2D eigenvalue weighted by atomic mass is 16.3. The highest BCUT2D eigenvalue weighted by Crippen LogP contribution is 2.43. The van der Waals surface area contributed by atoms with Crippen molar-refractivity contribution in [1.82, 2.24) is 15.1 Å². The average molecular weight is 360 g/mol. The highest BCUT2D eigenvalue weighted by Gasteiger charge is 2.48. The van der Waals surface area contributed by atoms with Crippen LogP contribution in [0, 0.1) is 11.8 Å². The van der Waals surface area contributed by atoms with E-state index in [2.05, 4.69) is 69.9 Å². The zero-order valence-corrected chi connectivity index (χ0v) is 15.1. The highest BCUT2D eigenvalue weighted by molar-refractivity contribution is 5.48. The number of anilines is 1. The van der Waals surface area contributed by atoms with Crippen LogP contribution in [0.15, 0.2) is 73.1 Å². The third-order valence-corrected chi connectivity index (χ3v) is 6.07. The van der Waals surface area contributed by atoms with E-state index in [1.807, 2.05) is 16.9 Å². The van der Waals surface area contributed by atoms with Crippen molar-refractivity contribution in [3.8, 4) is 5.69 Å². The van der Waals surface area contributed by atoms with Crippen molar-refractivity contribution < 1.29 is 5.11 Å². The van der Waals surface area contributed by atoms with Crippen LogP contribution in [0.3, 0.4) is 0 Å². The number of hydrogen-bond acceptors (Lipinski definition) is 4. The van der Waals surface area contributed by atoms with Crippen LogP contribution < -0.4 is 10.2 Å². The van der Waals surface area contributed by atoms with Crippen LogP contribution >= 0.6 is 0 Å². The number of benzene rings is 2. The second kappa shape index (κ2) is 6.83. The summed E-state index contributed by atoms with van der Waals surface area (Å²) in [5.74, 6) is 0.934. The number of fused-ring (bicyclic) bond motifs is 1. The number of nitrogens with one attached hydrogen (secondary N) is 1. The van der Waals surface area contributed by atoms with Gasteiger partial charge < -0.3 is 15.3 Å². The van der Waals surface area contributed by atoms with Gasteiger partial charge in [0.05, 0.1) is 12.3 Å². The lowest BCUT2D eigenvalue weighted by atomic mass is 9.87. The minimum absolute atomic E-state index is 0.141. The zero-order valence-electron chi connectivity index (χ0n) is 15.1. The van der Waals surface area contributed by atoms with E-state index < -0.39 is 0 Å². The summed E-state index contributed by atoms with van der Waals surface area (Å²) in [6.07, 6.45) is 3.76. The van der Waals surface area contributed by atoms with Gasteiger partial charge >= 0.3 is 0 Å². The summed E-state index contributed by atoms with van der Waals surface area (Å²) < 4.78 is 1.89. The molecule has 0 radical (unpaired) electrons. The maximum absolute atomic E-state index is 9.94. The Hall–Kier alpha value is -2.63. The molecule has 5 nitrogen and oxygen atoms in total. The monoisotopic (exact) mass is 360 g/mol. The van der Waals surface area contributed by atoms with Crippen LogP contribution in [0.25, 0.3) is 5.69 Å². The van der Waals surface area contributed by atoms with E-state index >= 15 is 0 Å². The first-order valence-corrected chi connectivity index (χ1v) is 9.60. The Labute approximate surface area is 159 Å². The Morgan fingerprint density at radius 2 is 1.78 bits per heavy atom. The molecule has 0 spiro atoms. The van der Waals surface area contributed by atoms with E-state index in [0.29, 0.717) is 11.8 Å². The third kappa shape index (κ3) is 2.93. The molecule has 0 amide bonds. The van der Waals surface area contributed by atoms with E-state index in [0.717, 1.165) is 18.8 Å². The Morgan fingerprint density at radius 3 is 2.56 bits per heavy atom. The standard InChI is InChI=1S/C22H24N4O/c27-15-21-19-13-25(17-7-2-1-3-8-17)14-20(19)22(24-21)16-6-4-9-18(12-16)26-11-5-10-23-26/h1-12,19-22,24,27H,13-15H2/t19-,20+,21-,22+/m0/s1. The van der Waals surface area contributed by atoms with Gasteiger partial charge in [0.25, 0.3) is 0 Å². The number of aliphatic hydroxyl groups excluding tert-OH is 1. The molecule has 4 atom stereocenters. The third-order valence-electron chi connectivity index (χ3n) is 6.07. The molecule has 2 aliphatic heterocycles. The van der Waals surface area contributed by atoms with Gasteiger partial charge in [-0.3, -0.25) is 0 Å². The van der Waals surface area contributed by atoms with E-state index in [1.165, 1.54) is 11.3 Å². The summed E-state index contributed by atoms with van der Waals surface area (Å²) in [5.41, 5.74) is 3.61. The molecule has 5 rings (SSSR count). The van der Waals surface area contributed by atoms with Crippen LogP contribution in [0.5, 0.6) is 0 Å². The maximum Gasteiger partial charge on any atom is 0.0648 e. The summed E-state index contributed by atoms with van der Waals surface area (Å²) in [5, 5.41) is 18.0. The van der Waals surface area contributed by atoms with Gasteiger partial charge in [0.2, 0.25) is 0 Å². The lowest BCUT2D eigenvalue weighted by Gasteiger charge is -2.24. The van der Waals surface area contributed by atoms with E-state index in [1.54, 1.807) is 6.20 Å². The summed E-state index contributed by atoms with van der Waals surface area (Å²) in [4.78, 5) is 2.46. The fraction of sp³-hybridized carbons (Fsp3) is 0.318. The van der Waals surface area contributed by atoms with Crippen molar-refractivity contribution in [2.45, 2.75) is 12.1 Å². The molecule has 0 unspecified atom stereocenters. The number of aliphatic hydroxyl groups is 1. The Balaban J connectivity index is 1.44. The average Bonchev–Trinajstić information content (AvgIpc) is 3.45. The first-order valence-electron chi connectivity index (χ1n) is 9.60. The molecule has 0 aliphatic carbocycles. The van der Waals surface area contributed by atoms with Crippen molar-refractivity contribution in [3.05, 3.63) is 78.6 Å². The number of para-hydroxylation sites is 1. The van der Waals surface area contributed by atoms with Crippen molar-refractivity contribution in [2.24, 2.45) is 11.8 Å². The minimum atomic E-state index is 0.141. The molecule has 5 heteroatoms. The lowest BCUT2D eigenvalue weighted by molar-refractivity contribution is 0.227. The molecule has 2 fully saturated rings. The smallest absolute Gasteiger partial charge is 0.0648 e. The predicted octanol–water partition coefficient (Wildman–Crippen LogP) is 2.63. The number of hydrogen-bond donors (Lipinski definition) is 2. The van der Waals surface area contributed by atoms with Gasteiger partial charge in [-0.15, -0.1) is 0 Å². The summed E-state index contributed by atoms with van der Waals surface area (Å²) >= 11 is 0. The topological polar surface area (TPSA) is 53.3 Å². The van der Waals surface area contributed by atoms with Gasteiger partial charge in [-0.2, -0.15) is 5.10 Å². The first-order chi connectivity index (χ1) is 13.3. The van der Waals surface area contributed by atoms with Crippen LogP contribution in [0.2, 0.25) is 0 Å². The van der Waals surface area contributed by atoms with Crippen molar-refractivity contribution in [1.29, 1.82) is 0 Å². The molecule has 0 saturated carbocycles. The number of rotatable bonds is 4. The van der Waals surface area contributed by atoms with Crippen LogP contribution in [-0.2, 0) is 0 Å². The molecular weight excluding hydrogens is 336 g/mol. The minimum Gasteiger partial charge on any atom is -0.395 e. The quantitative estimate of drug-likeness (QED) is 0.751. The fourth-order valence-electron chi connectivity index (χ4n) is 4.77. The summed E-state index contributed by atoms with van der Waals surface area (Å²) in [6.45, 7) is 2.18. The number of aromatic nitrogens is 2. The second-order valence-corrected chi connectivity index (χ2v) is 7.55. The molecule has 3 aromatic rings. The molecule has 2 aromatic carbocycles. The van der Waals surface area contributed by atoms with E-state index in [9.17, 15) is 5.11 Å². The van der Waals surface area contributed by atoms with Crippen LogP contribution in [0.1, 0.15) is 11.6 Å². The molecule has 0 bridgehead atoms. The Bertz CT molecular complexity index is 896. The molecule has 3 heterocycles. The summed E-state index contributed by atoms with van der Waals surface area (Å²) in [7, 11) is 0. The normalized spacial score (nSPS) is 27.1. The molecule has 1 aromatic heterocycles.